The van der Waals surface area contributed by atoms with Crippen LogP contribution >= 0.6 is 0 Å². The second-order valence-corrected chi connectivity index (χ2v) is 5.75. The molecule has 0 aliphatic heterocycles. The summed E-state index contributed by atoms with van der Waals surface area (Å²) >= 11 is 0. The van der Waals surface area contributed by atoms with Crippen molar-refractivity contribution in [2.24, 2.45) is 0 Å². The zero-order valence-electron chi connectivity index (χ0n) is 13.4. The first kappa shape index (κ1) is 16.1. The van der Waals surface area contributed by atoms with Crippen LogP contribution in [0.25, 0.3) is 22.0 Å². The predicted octanol–water partition coefficient (Wildman–Crippen LogP) is 5.39. The van der Waals surface area contributed by atoms with E-state index in [1.807, 2.05) is 30.5 Å². The van der Waals surface area contributed by atoms with E-state index in [9.17, 15) is 13.2 Å². The fourth-order valence-electron chi connectivity index (χ4n) is 2.76. The molecule has 0 atom stereocenters. The van der Waals surface area contributed by atoms with Crippen LogP contribution in [0.3, 0.4) is 0 Å². The van der Waals surface area contributed by atoms with Gasteiger partial charge in [-0.1, -0.05) is 24.3 Å². The third-order valence-corrected chi connectivity index (χ3v) is 4.00. The van der Waals surface area contributed by atoms with Crippen LogP contribution in [0, 0.1) is 0 Å². The number of H-pyrrole nitrogens is 1. The van der Waals surface area contributed by atoms with Crippen LogP contribution in [0.2, 0.25) is 0 Å². The highest BCUT2D eigenvalue weighted by atomic mass is 19.4. The average molecular weight is 354 g/mol. The molecule has 0 fully saturated rings. The third kappa shape index (κ3) is 3.11. The summed E-state index contributed by atoms with van der Waals surface area (Å²) in [5, 5.41) is 3.87. The van der Waals surface area contributed by atoms with Crippen LogP contribution in [0.15, 0.2) is 67.1 Å². The lowest BCUT2D eigenvalue weighted by atomic mass is 10.1. The van der Waals surface area contributed by atoms with Gasteiger partial charge in [-0.25, -0.2) is 9.97 Å². The van der Waals surface area contributed by atoms with Gasteiger partial charge in [-0.3, -0.25) is 0 Å². The van der Waals surface area contributed by atoms with E-state index in [1.165, 1.54) is 12.1 Å². The summed E-state index contributed by atoms with van der Waals surface area (Å²) in [5.41, 5.74) is 2.30. The van der Waals surface area contributed by atoms with Gasteiger partial charge in [0.1, 0.15) is 0 Å². The summed E-state index contributed by atoms with van der Waals surface area (Å²) in [7, 11) is 0. The maximum Gasteiger partial charge on any atom is 0.416 e. The topological polar surface area (TPSA) is 53.6 Å². The number of hydrogen-bond donors (Lipinski definition) is 2. The van der Waals surface area contributed by atoms with Crippen LogP contribution in [0.5, 0.6) is 0 Å². The summed E-state index contributed by atoms with van der Waals surface area (Å²) in [5.74, 6) is 0.228. The normalized spacial score (nSPS) is 11.7. The third-order valence-electron chi connectivity index (χ3n) is 4.00. The highest BCUT2D eigenvalue weighted by Crippen LogP contribution is 2.31. The maximum atomic E-state index is 12.8. The molecular formula is C19H13F3N4. The van der Waals surface area contributed by atoms with E-state index >= 15 is 0 Å². The molecule has 7 heteroatoms. The highest BCUT2D eigenvalue weighted by Gasteiger charge is 2.30. The van der Waals surface area contributed by atoms with E-state index in [4.69, 9.17) is 0 Å². The van der Waals surface area contributed by atoms with Crippen molar-refractivity contribution in [3.05, 3.63) is 72.7 Å². The molecule has 2 aromatic heterocycles. The first-order valence-corrected chi connectivity index (χ1v) is 7.83. The van der Waals surface area contributed by atoms with Crippen LogP contribution in [0.1, 0.15) is 5.56 Å². The lowest BCUT2D eigenvalue weighted by Gasteiger charge is -2.10. The van der Waals surface area contributed by atoms with Crippen molar-refractivity contribution in [1.82, 2.24) is 15.0 Å². The predicted molar refractivity (Wildman–Crippen MR) is 94.1 cm³/mol. The molecule has 2 N–H and O–H groups in total. The molecule has 4 rings (SSSR count). The summed E-state index contributed by atoms with van der Waals surface area (Å²) < 4.78 is 38.4. The number of nitrogens with one attached hydrogen (secondary N) is 2. The molecule has 0 unspecified atom stereocenters. The van der Waals surface area contributed by atoms with Gasteiger partial charge in [0, 0.05) is 35.4 Å². The number of halogens is 3. The number of rotatable bonds is 3. The van der Waals surface area contributed by atoms with E-state index in [2.05, 4.69) is 20.3 Å². The first-order chi connectivity index (χ1) is 12.5. The van der Waals surface area contributed by atoms with Gasteiger partial charge in [-0.15, -0.1) is 0 Å². The Hall–Kier alpha value is -3.35. The zero-order chi connectivity index (χ0) is 18.1. The standard InChI is InChI=1S/C19H13F3N4/c20-19(21,22)14-4-2-5-15(9-14)26-18-24-10-13(11-25-18)16-6-1-3-12-7-8-23-17(12)16/h1-11,23H,(H,24,25,26). The monoisotopic (exact) mass is 354 g/mol. The van der Waals surface area contributed by atoms with Crippen LogP contribution < -0.4 is 5.32 Å². The molecule has 0 saturated carbocycles. The van der Waals surface area contributed by atoms with Crippen LogP contribution in [-0.4, -0.2) is 15.0 Å². The number of nitrogens with zero attached hydrogens (tertiary/aromatic N) is 2. The zero-order valence-corrected chi connectivity index (χ0v) is 13.4. The Morgan fingerprint density at radius 3 is 2.46 bits per heavy atom. The maximum absolute atomic E-state index is 12.8. The van der Waals surface area contributed by atoms with Gasteiger partial charge in [0.2, 0.25) is 5.95 Å². The minimum Gasteiger partial charge on any atom is -0.361 e. The molecule has 130 valence electrons. The number of aromatic nitrogens is 3. The Morgan fingerprint density at radius 1 is 0.923 bits per heavy atom. The molecule has 4 nitrogen and oxygen atoms in total. The van der Waals surface area contributed by atoms with Crippen molar-refractivity contribution < 1.29 is 13.2 Å². The van der Waals surface area contributed by atoms with Crippen LogP contribution in [0.4, 0.5) is 24.8 Å². The van der Waals surface area contributed by atoms with Gasteiger partial charge in [-0.05, 0) is 29.7 Å². The molecule has 2 aromatic carbocycles. The summed E-state index contributed by atoms with van der Waals surface area (Å²) in [4.78, 5) is 11.6. The molecule has 26 heavy (non-hydrogen) atoms. The van der Waals surface area contributed by atoms with Crippen molar-refractivity contribution in [2.45, 2.75) is 6.18 Å². The number of aromatic amines is 1. The largest absolute Gasteiger partial charge is 0.416 e. The minimum atomic E-state index is -4.39. The first-order valence-electron chi connectivity index (χ1n) is 7.83. The van der Waals surface area contributed by atoms with E-state index in [0.29, 0.717) is 0 Å². The molecule has 2 heterocycles. The lowest BCUT2D eigenvalue weighted by molar-refractivity contribution is -0.137. The van der Waals surface area contributed by atoms with Gasteiger partial charge >= 0.3 is 6.18 Å². The molecule has 0 bridgehead atoms. The van der Waals surface area contributed by atoms with Gasteiger partial charge in [-0.2, -0.15) is 13.2 Å². The highest BCUT2D eigenvalue weighted by molar-refractivity contribution is 5.93. The molecule has 0 amide bonds. The van der Waals surface area contributed by atoms with Crippen molar-refractivity contribution >= 4 is 22.5 Å². The second kappa shape index (κ2) is 6.18. The molecule has 0 spiro atoms. The molecule has 0 saturated heterocycles. The number of benzene rings is 2. The van der Waals surface area contributed by atoms with E-state index in [1.54, 1.807) is 12.4 Å². The Morgan fingerprint density at radius 2 is 1.69 bits per heavy atom. The van der Waals surface area contributed by atoms with Crippen molar-refractivity contribution in [1.29, 1.82) is 0 Å². The molecule has 0 aliphatic rings. The SMILES string of the molecule is FC(F)(F)c1cccc(Nc2ncc(-c3cccc4cc[nH]c34)cn2)c1. The van der Waals surface area contributed by atoms with Crippen molar-refractivity contribution in [3.63, 3.8) is 0 Å². The fraction of sp³-hybridized carbons (Fsp3) is 0.0526. The Kier molecular flexibility index (Phi) is 3.84. The van der Waals surface area contributed by atoms with Gasteiger partial charge in [0.25, 0.3) is 0 Å². The van der Waals surface area contributed by atoms with Gasteiger partial charge < -0.3 is 10.3 Å². The number of alkyl halides is 3. The number of fused-ring (bicyclic) bond motifs is 1. The van der Waals surface area contributed by atoms with Crippen molar-refractivity contribution in [2.75, 3.05) is 5.32 Å². The minimum absolute atomic E-state index is 0.228. The Labute approximate surface area is 146 Å². The van der Waals surface area contributed by atoms with Crippen LogP contribution in [-0.2, 0) is 6.18 Å². The van der Waals surface area contributed by atoms with E-state index in [0.717, 1.165) is 34.2 Å². The Bertz CT molecular complexity index is 1050. The second-order valence-electron chi connectivity index (χ2n) is 5.75. The van der Waals surface area contributed by atoms with E-state index in [-0.39, 0.29) is 11.6 Å². The Balaban J connectivity index is 1.60. The summed E-state index contributed by atoms with van der Waals surface area (Å²) in [6.07, 6.45) is 0.743. The number of hydrogen-bond acceptors (Lipinski definition) is 3. The average Bonchev–Trinajstić information content (AvgIpc) is 3.11. The van der Waals surface area contributed by atoms with Crippen molar-refractivity contribution in [3.8, 4) is 11.1 Å². The molecular weight excluding hydrogens is 341 g/mol. The summed E-state index contributed by atoms with van der Waals surface area (Å²) in [6, 6.07) is 12.8. The molecule has 4 aromatic rings. The fourth-order valence-corrected chi connectivity index (χ4v) is 2.76. The van der Waals surface area contributed by atoms with Gasteiger partial charge in [0.05, 0.1) is 11.1 Å². The number of anilines is 2. The molecule has 0 aliphatic carbocycles. The summed E-state index contributed by atoms with van der Waals surface area (Å²) in [6.45, 7) is 0. The van der Waals surface area contributed by atoms with Gasteiger partial charge in [0.15, 0.2) is 0 Å². The number of para-hydroxylation sites is 1. The van der Waals surface area contributed by atoms with E-state index < -0.39 is 11.7 Å². The molecule has 0 radical (unpaired) electrons. The quantitative estimate of drug-likeness (QED) is 0.519. The smallest absolute Gasteiger partial charge is 0.361 e. The lowest BCUT2D eigenvalue weighted by Crippen LogP contribution is -2.05.